The maximum absolute atomic E-state index is 12.0. The molecule has 0 bridgehead atoms. The summed E-state index contributed by atoms with van der Waals surface area (Å²) in [6.45, 7) is 4.69. The molecule has 1 saturated heterocycles. The van der Waals surface area contributed by atoms with Crippen LogP contribution >= 0.6 is 0 Å². The largest absolute Gasteiger partial charge is 0.368 e. The molecule has 170 valence electrons. The lowest BCUT2D eigenvalue weighted by atomic mass is 10.1. The molecule has 0 spiro atoms. The second-order valence-electron chi connectivity index (χ2n) is 8.24. The van der Waals surface area contributed by atoms with E-state index < -0.39 is 9.84 Å². The molecule has 0 saturated carbocycles. The van der Waals surface area contributed by atoms with E-state index in [1.165, 1.54) is 6.26 Å². The number of hydrogen-bond donors (Lipinski definition) is 2. The topological polar surface area (TPSA) is 111 Å². The van der Waals surface area contributed by atoms with Gasteiger partial charge in [0.15, 0.2) is 15.7 Å². The summed E-state index contributed by atoms with van der Waals surface area (Å²) >= 11 is 0. The van der Waals surface area contributed by atoms with Crippen LogP contribution in [0.3, 0.4) is 0 Å². The Balaban J connectivity index is 1.41. The summed E-state index contributed by atoms with van der Waals surface area (Å²) in [5, 5.41) is 12.0. The van der Waals surface area contributed by atoms with Crippen molar-refractivity contribution in [2.45, 2.75) is 11.8 Å². The minimum absolute atomic E-state index is 0.120. The van der Waals surface area contributed by atoms with Gasteiger partial charge in [-0.15, -0.1) is 0 Å². The normalized spacial score (nSPS) is 14.7. The molecule has 33 heavy (non-hydrogen) atoms. The number of hydrogen-bond acceptors (Lipinski definition) is 7. The van der Waals surface area contributed by atoms with Gasteiger partial charge in [-0.25, -0.2) is 13.4 Å². The van der Waals surface area contributed by atoms with Gasteiger partial charge in [0.25, 0.3) is 0 Å². The average Bonchev–Trinajstić information content (AvgIpc) is 3.30. The molecule has 1 amide bonds. The second-order valence-corrected chi connectivity index (χ2v) is 10.3. The number of anilines is 3. The molecule has 1 fully saturated rings. The number of amides is 1. The number of rotatable bonds is 4. The zero-order chi connectivity index (χ0) is 23.2. The molecule has 0 radical (unpaired) electrons. The Labute approximate surface area is 191 Å². The first-order valence-electron chi connectivity index (χ1n) is 10.6. The monoisotopic (exact) mass is 464 g/mol. The summed E-state index contributed by atoms with van der Waals surface area (Å²) in [6, 6.07) is 13.0. The number of H-pyrrole nitrogens is 1. The molecule has 10 heteroatoms. The van der Waals surface area contributed by atoms with Crippen molar-refractivity contribution in [2.75, 3.05) is 42.7 Å². The summed E-state index contributed by atoms with van der Waals surface area (Å²) in [4.78, 5) is 20.6. The summed E-state index contributed by atoms with van der Waals surface area (Å²) in [6.07, 6.45) is 2.87. The second kappa shape index (κ2) is 8.04. The fraction of sp³-hybridized carbons (Fsp3) is 0.261. The highest BCUT2D eigenvalue weighted by Gasteiger charge is 2.19. The molecule has 4 aromatic rings. The van der Waals surface area contributed by atoms with E-state index in [-0.39, 0.29) is 10.8 Å². The molecular formula is C23H24N6O3S. The van der Waals surface area contributed by atoms with Gasteiger partial charge in [-0.2, -0.15) is 5.10 Å². The third kappa shape index (κ3) is 4.09. The number of fused-ring (bicyclic) bond motifs is 3. The third-order valence-corrected chi connectivity index (χ3v) is 7.13. The third-order valence-electron chi connectivity index (χ3n) is 6.01. The lowest BCUT2D eigenvalue weighted by Gasteiger charge is -2.35. The fourth-order valence-corrected chi connectivity index (χ4v) is 4.82. The smallest absolute Gasteiger partial charge is 0.219 e. The van der Waals surface area contributed by atoms with Crippen molar-refractivity contribution in [2.24, 2.45) is 0 Å². The number of carbonyl (C=O) groups excluding carboxylic acids is 1. The van der Waals surface area contributed by atoms with Crippen LogP contribution in [-0.4, -0.2) is 66.8 Å². The number of pyridine rings is 1. The number of benzene rings is 2. The van der Waals surface area contributed by atoms with Crippen LogP contribution in [0.4, 0.5) is 17.2 Å². The van der Waals surface area contributed by atoms with Crippen LogP contribution in [0.1, 0.15) is 6.92 Å². The van der Waals surface area contributed by atoms with E-state index in [0.717, 1.165) is 48.3 Å². The number of sulfone groups is 1. The Morgan fingerprint density at radius 1 is 1.03 bits per heavy atom. The molecular weight excluding hydrogens is 440 g/mol. The van der Waals surface area contributed by atoms with Gasteiger partial charge in [0.2, 0.25) is 5.91 Å². The predicted molar refractivity (Wildman–Crippen MR) is 129 cm³/mol. The first kappa shape index (κ1) is 21.2. The van der Waals surface area contributed by atoms with E-state index in [4.69, 9.17) is 4.98 Å². The lowest BCUT2D eigenvalue weighted by Crippen LogP contribution is -2.48. The van der Waals surface area contributed by atoms with Gasteiger partial charge >= 0.3 is 0 Å². The average molecular weight is 465 g/mol. The number of piperazine rings is 1. The van der Waals surface area contributed by atoms with Crippen molar-refractivity contribution in [1.29, 1.82) is 0 Å². The van der Waals surface area contributed by atoms with Gasteiger partial charge in [0.05, 0.1) is 16.6 Å². The summed E-state index contributed by atoms with van der Waals surface area (Å²) < 4.78 is 23.9. The predicted octanol–water partition coefficient (Wildman–Crippen LogP) is 2.93. The van der Waals surface area contributed by atoms with Crippen LogP contribution in [0.15, 0.2) is 53.6 Å². The van der Waals surface area contributed by atoms with E-state index in [9.17, 15) is 13.2 Å². The van der Waals surface area contributed by atoms with Crippen LogP contribution in [0.25, 0.3) is 21.8 Å². The van der Waals surface area contributed by atoms with Crippen molar-refractivity contribution in [3.05, 3.63) is 48.7 Å². The van der Waals surface area contributed by atoms with Gasteiger partial charge in [0.1, 0.15) is 5.52 Å². The molecule has 2 N–H and O–H groups in total. The highest BCUT2D eigenvalue weighted by atomic mass is 32.2. The highest BCUT2D eigenvalue weighted by Crippen LogP contribution is 2.31. The minimum Gasteiger partial charge on any atom is -0.368 e. The Kier molecular flexibility index (Phi) is 5.16. The molecule has 0 atom stereocenters. The van der Waals surface area contributed by atoms with Crippen LogP contribution < -0.4 is 10.2 Å². The summed E-state index contributed by atoms with van der Waals surface area (Å²) in [5.74, 6) is 0.736. The Morgan fingerprint density at radius 2 is 1.76 bits per heavy atom. The zero-order valence-corrected chi connectivity index (χ0v) is 19.2. The Hall–Kier alpha value is -3.66. The molecule has 1 aliphatic heterocycles. The van der Waals surface area contributed by atoms with Crippen molar-refractivity contribution in [1.82, 2.24) is 20.1 Å². The van der Waals surface area contributed by atoms with E-state index in [1.807, 2.05) is 17.0 Å². The molecule has 2 aromatic heterocycles. The standard InChI is InChI=1S/C23H24N6O3S/c1-15(30)28-9-11-29(12-10-28)17-5-3-16(4-6-17)25-23-22-20(14-24-27-22)19-13-18(33(2,31)32)7-8-21(19)26-23/h3-8,13-14H,9-12H2,1-2H3,(H,24,27)(H,25,26). The van der Waals surface area contributed by atoms with Gasteiger partial charge in [-0.05, 0) is 42.5 Å². The summed E-state index contributed by atoms with van der Waals surface area (Å²) in [7, 11) is -3.32. The number of nitrogens with zero attached hydrogens (tertiary/aromatic N) is 4. The van der Waals surface area contributed by atoms with Crippen molar-refractivity contribution in [3.8, 4) is 0 Å². The SMILES string of the molecule is CC(=O)N1CCN(c2ccc(Nc3nc4ccc(S(C)(=O)=O)cc4c4cn[nH]c34)cc2)CC1. The number of aromatic amines is 1. The van der Waals surface area contributed by atoms with E-state index >= 15 is 0 Å². The zero-order valence-electron chi connectivity index (χ0n) is 18.4. The first-order chi connectivity index (χ1) is 15.8. The molecule has 3 heterocycles. The lowest BCUT2D eigenvalue weighted by molar-refractivity contribution is -0.129. The number of aromatic nitrogens is 3. The van der Waals surface area contributed by atoms with Crippen LogP contribution in [0, 0.1) is 0 Å². The first-order valence-corrected chi connectivity index (χ1v) is 12.5. The van der Waals surface area contributed by atoms with Gasteiger partial charge in [-0.3, -0.25) is 9.89 Å². The molecule has 0 aliphatic carbocycles. The van der Waals surface area contributed by atoms with E-state index in [0.29, 0.717) is 16.9 Å². The quantitative estimate of drug-likeness (QED) is 0.478. The Morgan fingerprint density at radius 3 is 2.42 bits per heavy atom. The van der Waals surface area contributed by atoms with Crippen molar-refractivity contribution in [3.63, 3.8) is 0 Å². The fourth-order valence-electron chi connectivity index (χ4n) is 4.17. The maximum Gasteiger partial charge on any atom is 0.219 e. The van der Waals surface area contributed by atoms with Gasteiger partial charge < -0.3 is 15.1 Å². The molecule has 5 rings (SSSR count). The number of nitrogens with one attached hydrogen (secondary N) is 2. The minimum atomic E-state index is -3.32. The van der Waals surface area contributed by atoms with Crippen molar-refractivity contribution < 1.29 is 13.2 Å². The maximum atomic E-state index is 12.0. The molecule has 9 nitrogen and oxygen atoms in total. The Bertz CT molecular complexity index is 1460. The molecule has 1 aliphatic rings. The van der Waals surface area contributed by atoms with Crippen LogP contribution in [0.5, 0.6) is 0 Å². The van der Waals surface area contributed by atoms with E-state index in [1.54, 1.807) is 31.3 Å². The van der Waals surface area contributed by atoms with Crippen molar-refractivity contribution >= 4 is 54.7 Å². The van der Waals surface area contributed by atoms with Gasteiger partial charge in [-0.1, -0.05) is 0 Å². The van der Waals surface area contributed by atoms with E-state index in [2.05, 4.69) is 32.5 Å². The molecule has 2 aromatic carbocycles. The van der Waals surface area contributed by atoms with Crippen LogP contribution in [-0.2, 0) is 14.6 Å². The highest BCUT2D eigenvalue weighted by molar-refractivity contribution is 7.90. The summed E-state index contributed by atoms with van der Waals surface area (Å²) in [5.41, 5.74) is 3.36. The van der Waals surface area contributed by atoms with Gasteiger partial charge in [0, 0.05) is 61.5 Å². The van der Waals surface area contributed by atoms with Crippen LogP contribution in [0.2, 0.25) is 0 Å². The molecule has 0 unspecified atom stereocenters. The number of carbonyl (C=O) groups is 1.